The number of hydrogen-bond donors (Lipinski definition) is 2. The summed E-state index contributed by atoms with van der Waals surface area (Å²) < 4.78 is 2.22. The smallest absolute Gasteiger partial charge is 0.253 e. The van der Waals surface area contributed by atoms with Gasteiger partial charge in [0.2, 0.25) is 6.34 Å². The Hall–Kier alpha value is -1.58. The molecule has 1 aromatic heterocycles. The van der Waals surface area contributed by atoms with E-state index >= 15 is 0 Å². The van der Waals surface area contributed by atoms with E-state index in [1.165, 1.54) is 0 Å². The maximum Gasteiger partial charge on any atom is 0.253 e. The molecule has 4 nitrogen and oxygen atoms in total. The molecule has 0 saturated carbocycles. The molecule has 0 atom stereocenters. The highest BCUT2D eigenvalue weighted by atomic mass is 16.1. The molecule has 94 valence electrons. The molecule has 0 bridgehead atoms. The van der Waals surface area contributed by atoms with Gasteiger partial charge in [-0.25, -0.2) is 5.32 Å². The minimum absolute atomic E-state index is 0.0408. The van der Waals surface area contributed by atoms with E-state index in [4.69, 9.17) is 0 Å². The molecule has 0 fully saturated rings. The molecule has 1 aromatic rings. The predicted molar refractivity (Wildman–Crippen MR) is 72.1 cm³/mol. The number of hydrogen-bond acceptors (Lipinski definition) is 1. The lowest BCUT2D eigenvalue weighted by Crippen LogP contribution is -2.20. The van der Waals surface area contributed by atoms with Crippen LogP contribution in [0.2, 0.25) is 0 Å². The molecular formula is C13H22N3O+. The topological polar surface area (TPSA) is 47.9 Å². The zero-order chi connectivity index (χ0) is 12.7. The fourth-order valence-corrected chi connectivity index (χ4v) is 1.61. The molecule has 0 aliphatic rings. The van der Waals surface area contributed by atoms with Crippen LogP contribution in [0.1, 0.15) is 32.3 Å². The second-order valence-electron chi connectivity index (χ2n) is 4.19. The predicted octanol–water partition coefficient (Wildman–Crippen LogP) is 1.96. The van der Waals surface area contributed by atoms with Crippen molar-refractivity contribution in [2.24, 2.45) is 0 Å². The summed E-state index contributed by atoms with van der Waals surface area (Å²) in [6.07, 6.45) is 4.17. The fourth-order valence-electron chi connectivity index (χ4n) is 1.61. The second-order valence-corrected chi connectivity index (χ2v) is 4.19. The first-order chi connectivity index (χ1) is 8.17. The van der Waals surface area contributed by atoms with E-state index < -0.39 is 0 Å². The minimum atomic E-state index is -0.0408. The van der Waals surface area contributed by atoms with Gasteiger partial charge in [0.05, 0.1) is 13.1 Å². The van der Waals surface area contributed by atoms with Gasteiger partial charge >= 0.3 is 0 Å². The summed E-state index contributed by atoms with van der Waals surface area (Å²) in [7, 11) is 0. The van der Waals surface area contributed by atoms with Gasteiger partial charge in [0.15, 0.2) is 5.82 Å². The van der Waals surface area contributed by atoms with Crippen LogP contribution < -0.4 is 10.9 Å². The van der Waals surface area contributed by atoms with Gasteiger partial charge in [-0.05, 0) is 25.8 Å². The highest BCUT2D eigenvalue weighted by Gasteiger charge is 2.01. The number of pyridine rings is 1. The molecule has 0 amide bonds. The molecule has 1 rings (SSSR count). The van der Waals surface area contributed by atoms with Gasteiger partial charge in [-0.3, -0.25) is 14.4 Å². The molecule has 0 radical (unpaired) electrons. The number of H-pyrrole nitrogens is 1. The van der Waals surface area contributed by atoms with Crippen molar-refractivity contribution in [1.82, 2.24) is 4.98 Å². The quantitative estimate of drug-likeness (QED) is 0.450. The Balaban J connectivity index is 2.72. The van der Waals surface area contributed by atoms with Crippen LogP contribution in [0.15, 0.2) is 16.9 Å². The number of aryl methyl sites for hydroxylation is 1. The Kier molecular flexibility index (Phi) is 5.46. The minimum Gasteiger partial charge on any atom is -0.289 e. The van der Waals surface area contributed by atoms with Gasteiger partial charge in [0.25, 0.3) is 5.56 Å². The van der Waals surface area contributed by atoms with E-state index in [1.807, 2.05) is 18.5 Å². The van der Waals surface area contributed by atoms with Crippen molar-refractivity contribution in [3.8, 4) is 0 Å². The molecule has 0 aromatic carbocycles. The van der Waals surface area contributed by atoms with Crippen LogP contribution in [0.3, 0.4) is 0 Å². The molecule has 0 aliphatic carbocycles. The lowest BCUT2D eigenvalue weighted by Gasteiger charge is -2.04. The molecule has 0 spiro atoms. The summed E-state index contributed by atoms with van der Waals surface area (Å²) in [6.45, 7) is 8.16. The number of aromatic nitrogens is 1. The van der Waals surface area contributed by atoms with Gasteiger partial charge in [0, 0.05) is 11.6 Å². The van der Waals surface area contributed by atoms with E-state index in [2.05, 4.69) is 28.7 Å². The normalized spacial score (nSPS) is 10.1. The van der Waals surface area contributed by atoms with Gasteiger partial charge in [0.1, 0.15) is 0 Å². The van der Waals surface area contributed by atoms with Crippen molar-refractivity contribution in [3.05, 3.63) is 28.0 Å². The molecular weight excluding hydrogens is 214 g/mol. The first-order valence-corrected chi connectivity index (χ1v) is 6.21. The van der Waals surface area contributed by atoms with Crippen LogP contribution in [0.5, 0.6) is 0 Å². The SMILES string of the molecule is CCC[N+](=CNc1ccc(C)c(=O)[nH]1)CCC. The Bertz CT molecular complexity index is 427. The van der Waals surface area contributed by atoms with Gasteiger partial charge in [-0.15, -0.1) is 0 Å². The number of anilines is 1. The van der Waals surface area contributed by atoms with Crippen LogP contribution in [-0.2, 0) is 0 Å². The van der Waals surface area contributed by atoms with Crippen molar-refractivity contribution in [1.29, 1.82) is 0 Å². The Labute approximate surface area is 102 Å². The highest BCUT2D eigenvalue weighted by molar-refractivity contribution is 5.69. The van der Waals surface area contributed by atoms with E-state index in [-0.39, 0.29) is 5.56 Å². The first kappa shape index (κ1) is 13.5. The van der Waals surface area contributed by atoms with Crippen LogP contribution in [0.4, 0.5) is 5.82 Å². The summed E-state index contributed by atoms with van der Waals surface area (Å²) in [5.41, 5.74) is 0.690. The van der Waals surface area contributed by atoms with Gasteiger partial charge in [-0.1, -0.05) is 13.8 Å². The summed E-state index contributed by atoms with van der Waals surface area (Å²) in [5.74, 6) is 0.734. The third-order valence-electron chi connectivity index (χ3n) is 2.53. The van der Waals surface area contributed by atoms with E-state index in [0.29, 0.717) is 0 Å². The third kappa shape index (κ3) is 4.43. The van der Waals surface area contributed by atoms with Crippen LogP contribution >= 0.6 is 0 Å². The lowest BCUT2D eigenvalue weighted by atomic mass is 10.3. The number of rotatable bonds is 6. The maximum absolute atomic E-state index is 11.4. The highest BCUT2D eigenvalue weighted by Crippen LogP contribution is 1.98. The largest absolute Gasteiger partial charge is 0.289 e. The van der Waals surface area contributed by atoms with Crippen molar-refractivity contribution in [2.75, 3.05) is 18.4 Å². The first-order valence-electron chi connectivity index (χ1n) is 6.21. The Morgan fingerprint density at radius 2 is 1.94 bits per heavy atom. The number of nitrogens with zero attached hydrogens (tertiary/aromatic N) is 1. The van der Waals surface area contributed by atoms with Crippen LogP contribution in [0.25, 0.3) is 0 Å². The van der Waals surface area contributed by atoms with E-state index in [1.54, 1.807) is 6.92 Å². The average Bonchev–Trinajstić information content (AvgIpc) is 2.31. The van der Waals surface area contributed by atoms with Crippen molar-refractivity contribution < 1.29 is 4.58 Å². The van der Waals surface area contributed by atoms with Gasteiger partial charge < -0.3 is 0 Å². The summed E-state index contributed by atoms with van der Waals surface area (Å²) in [6, 6.07) is 3.70. The van der Waals surface area contributed by atoms with Crippen molar-refractivity contribution >= 4 is 12.2 Å². The molecule has 2 N–H and O–H groups in total. The van der Waals surface area contributed by atoms with E-state index in [9.17, 15) is 4.79 Å². The summed E-state index contributed by atoms with van der Waals surface area (Å²) in [4.78, 5) is 14.2. The lowest BCUT2D eigenvalue weighted by molar-refractivity contribution is -0.523. The van der Waals surface area contributed by atoms with Crippen LogP contribution in [0, 0.1) is 6.92 Å². The fraction of sp³-hybridized carbons (Fsp3) is 0.538. The monoisotopic (exact) mass is 236 g/mol. The molecule has 0 saturated heterocycles. The van der Waals surface area contributed by atoms with Crippen molar-refractivity contribution in [3.63, 3.8) is 0 Å². The second kappa shape index (κ2) is 6.89. The summed E-state index contributed by atoms with van der Waals surface area (Å²) in [5, 5.41) is 3.13. The number of nitrogens with one attached hydrogen (secondary N) is 2. The Morgan fingerprint density at radius 1 is 1.29 bits per heavy atom. The number of aromatic amines is 1. The molecule has 1 heterocycles. The van der Waals surface area contributed by atoms with E-state index in [0.717, 1.165) is 37.3 Å². The maximum atomic E-state index is 11.4. The zero-order valence-electron chi connectivity index (χ0n) is 10.9. The standard InChI is InChI=1S/C13H21N3O/c1-4-8-16(9-5-2)10-14-12-7-6-11(3)13(17)15-12/h6-7,10H,4-5,8-9H2,1-3H3,(H,15,17)/p+1. The van der Waals surface area contributed by atoms with Crippen LogP contribution in [-0.4, -0.2) is 29.0 Å². The average molecular weight is 236 g/mol. The molecule has 0 unspecified atom stereocenters. The zero-order valence-corrected chi connectivity index (χ0v) is 10.9. The van der Waals surface area contributed by atoms with Crippen molar-refractivity contribution in [2.45, 2.75) is 33.6 Å². The molecule has 0 aliphatic heterocycles. The third-order valence-corrected chi connectivity index (χ3v) is 2.53. The molecule has 4 heteroatoms. The summed E-state index contributed by atoms with van der Waals surface area (Å²) >= 11 is 0. The Morgan fingerprint density at radius 3 is 2.47 bits per heavy atom. The van der Waals surface area contributed by atoms with Gasteiger partial charge in [-0.2, -0.15) is 0 Å². The molecule has 17 heavy (non-hydrogen) atoms.